The minimum Gasteiger partial charge on any atom is -0.166 e. The predicted molar refractivity (Wildman–Crippen MR) is 144 cm³/mol. The van der Waals surface area contributed by atoms with Gasteiger partial charge in [0, 0.05) is 17.8 Å². The molecule has 0 aromatic heterocycles. The van der Waals surface area contributed by atoms with Crippen LogP contribution in [0.15, 0.2) is 109 Å². The molecule has 0 saturated heterocycles. The minimum atomic E-state index is -4.44. The zero-order chi connectivity index (χ0) is 27.8. The van der Waals surface area contributed by atoms with Crippen LogP contribution in [0, 0.1) is 5.92 Å². The third kappa shape index (κ3) is 3.76. The van der Waals surface area contributed by atoms with E-state index in [2.05, 4.69) is 12.1 Å². The number of hydrogen-bond acceptors (Lipinski definition) is 0. The third-order valence-electron chi connectivity index (χ3n) is 8.50. The van der Waals surface area contributed by atoms with E-state index in [-0.39, 0.29) is 24.2 Å². The van der Waals surface area contributed by atoms with Crippen molar-refractivity contribution < 1.29 is 26.3 Å². The monoisotopic (exact) mass is 544 g/mol. The summed E-state index contributed by atoms with van der Waals surface area (Å²) in [5.74, 6) is -0.605. The Hall–Kier alpha value is -4.06. The van der Waals surface area contributed by atoms with Gasteiger partial charge in [0.25, 0.3) is 0 Å². The molecule has 0 amide bonds. The van der Waals surface area contributed by atoms with Gasteiger partial charge in [0.2, 0.25) is 0 Å². The normalized spacial score (nSPS) is 21.9. The standard InChI is InChI=1S/C34H22F6/c35-33(36,37)22-15-11-20(12-16-22)29-24-7-1-2-8-25(24)30(21-13-17-23(18-14-21)34(38,39)40)32-27-10-4-6-19-5-3-9-26(28(19)27)31(29)32/h1-13,15-18,21,31-32H,14H2. The number of halogens is 6. The molecule has 0 saturated carbocycles. The Morgan fingerprint density at radius 2 is 1.27 bits per heavy atom. The van der Waals surface area contributed by atoms with Gasteiger partial charge >= 0.3 is 12.4 Å². The summed E-state index contributed by atoms with van der Waals surface area (Å²) in [6, 6.07) is 25.3. The lowest BCUT2D eigenvalue weighted by Gasteiger charge is -2.35. The van der Waals surface area contributed by atoms with E-state index in [4.69, 9.17) is 0 Å². The average Bonchev–Trinajstić information content (AvgIpc) is 3.26. The summed E-state index contributed by atoms with van der Waals surface area (Å²) in [4.78, 5) is 0. The molecule has 200 valence electrons. The van der Waals surface area contributed by atoms with E-state index in [0.717, 1.165) is 55.6 Å². The fourth-order valence-corrected chi connectivity index (χ4v) is 6.92. The average molecular weight is 545 g/mol. The van der Waals surface area contributed by atoms with E-state index >= 15 is 0 Å². The van der Waals surface area contributed by atoms with Crippen LogP contribution in [0.25, 0.3) is 21.9 Å². The van der Waals surface area contributed by atoms with Crippen molar-refractivity contribution in [1.29, 1.82) is 0 Å². The van der Waals surface area contributed by atoms with Gasteiger partial charge in [0.1, 0.15) is 0 Å². The highest BCUT2D eigenvalue weighted by molar-refractivity contribution is 5.99. The molecule has 0 N–H and O–H groups in total. The van der Waals surface area contributed by atoms with Crippen LogP contribution in [0.4, 0.5) is 26.3 Å². The van der Waals surface area contributed by atoms with Gasteiger partial charge in [-0.3, -0.25) is 0 Å². The van der Waals surface area contributed by atoms with Crippen molar-refractivity contribution in [1.82, 2.24) is 0 Å². The van der Waals surface area contributed by atoms with Crippen LogP contribution in [-0.4, -0.2) is 6.18 Å². The highest BCUT2D eigenvalue weighted by atomic mass is 19.4. The Labute approximate surface area is 226 Å². The fraction of sp³-hybridized carbons (Fsp3) is 0.176. The summed E-state index contributed by atoms with van der Waals surface area (Å²) >= 11 is 0. The number of fused-ring (bicyclic) bond motifs is 4. The first-order valence-electron chi connectivity index (χ1n) is 13.1. The van der Waals surface area contributed by atoms with Gasteiger partial charge in [0.15, 0.2) is 0 Å². The van der Waals surface area contributed by atoms with E-state index in [1.54, 1.807) is 18.2 Å². The first-order valence-corrected chi connectivity index (χ1v) is 13.1. The van der Waals surface area contributed by atoms with Gasteiger partial charge in [-0.1, -0.05) is 91.0 Å². The molecule has 6 heteroatoms. The largest absolute Gasteiger partial charge is 0.416 e. The molecule has 3 aliphatic rings. The maximum atomic E-state index is 13.4. The molecule has 3 unspecified atom stereocenters. The topological polar surface area (TPSA) is 0 Å². The zero-order valence-corrected chi connectivity index (χ0v) is 21.0. The molecular formula is C34H22F6. The van der Waals surface area contributed by atoms with Gasteiger partial charge in [-0.2, -0.15) is 26.3 Å². The molecule has 3 aliphatic carbocycles. The smallest absolute Gasteiger partial charge is 0.166 e. The van der Waals surface area contributed by atoms with Crippen LogP contribution in [0.5, 0.6) is 0 Å². The van der Waals surface area contributed by atoms with Crippen LogP contribution in [0.2, 0.25) is 0 Å². The van der Waals surface area contributed by atoms with Crippen LogP contribution in [0.1, 0.15) is 40.5 Å². The van der Waals surface area contributed by atoms with Crippen LogP contribution in [-0.2, 0) is 6.18 Å². The molecule has 0 radical (unpaired) electrons. The zero-order valence-electron chi connectivity index (χ0n) is 21.0. The van der Waals surface area contributed by atoms with Crippen molar-refractivity contribution in [3.8, 4) is 0 Å². The Bertz CT molecular complexity index is 1850. The summed E-state index contributed by atoms with van der Waals surface area (Å²) in [5.41, 5.74) is 3.54. The summed E-state index contributed by atoms with van der Waals surface area (Å²) in [6.45, 7) is 0. The van der Waals surface area contributed by atoms with Gasteiger partial charge in [-0.05, 0) is 67.6 Å². The molecule has 3 atom stereocenters. The highest BCUT2D eigenvalue weighted by Gasteiger charge is 2.44. The van der Waals surface area contributed by atoms with Gasteiger partial charge in [0.05, 0.1) is 11.1 Å². The second kappa shape index (κ2) is 8.72. The Kier molecular flexibility index (Phi) is 5.44. The van der Waals surface area contributed by atoms with E-state index in [1.165, 1.54) is 12.2 Å². The van der Waals surface area contributed by atoms with Crippen molar-refractivity contribution >= 4 is 21.9 Å². The molecular weight excluding hydrogens is 522 g/mol. The molecule has 0 heterocycles. The van der Waals surface area contributed by atoms with Crippen LogP contribution < -0.4 is 10.4 Å². The molecule has 0 fully saturated rings. The molecule has 4 aromatic rings. The van der Waals surface area contributed by atoms with Crippen LogP contribution in [0.3, 0.4) is 0 Å². The van der Waals surface area contributed by atoms with Gasteiger partial charge < -0.3 is 0 Å². The summed E-state index contributed by atoms with van der Waals surface area (Å²) in [7, 11) is 0. The minimum absolute atomic E-state index is 0.163. The second-order valence-electron chi connectivity index (χ2n) is 10.6. The molecule has 40 heavy (non-hydrogen) atoms. The predicted octanol–water partition coefficient (Wildman–Crippen LogP) is 8.17. The number of allylic oxidation sites excluding steroid dienone is 4. The Morgan fingerprint density at radius 1 is 0.625 bits per heavy atom. The van der Waals surface area contributed by atoms with Crippen molar-refractivity contribution in [2.45, 2.75) is 30.6 Å². The number of alkyl halides is 6. The Balaban J connectivity index is 1.53. The summed E-state index contributed by atoms with van der Waals surface area (Å²) in [5, 5.41) is 4.02. The van der Waals surface area contributed by atoms with Crippen molar-refractivity contribution in [2.24, 2.45) is 5.92 Å². The molecule has 0 aliphatic heterocycles. The molecule has 0 nitrogen and oxygen atoms in total. The summed E-state index contributed by atoms with van der Waals surface area (Å²) in [6.07, 6.45) is -4.51. The lowest BCUT2D eigenvalue weighted by molar-refractivity contribution is -0.137. The van der Waals surface area contributed by atoms with E-state index in [9.17, 15) is 26.3 Å². The third-order valence-corrected chi connectivity index (χ3v) is 8.50. The maximum absolute atomic E-state index is 13.4. The van der Waals surface area contributed by atoms with Gasteiger partial charge in [-0.25, -0.2) is 0 Å². The number of rotatable bonds is 2. The first kappa shape index (κ1) is 24.9. The fourth-order valence-electron chi connectivity index (χ4n) is 6.92. The molecule has 0 spiro atoms. The first-order chi connectivity index (χ1) is 19.1. The Morgan fingerprint density at radius 3 is 1.88 bits per heavy atom. The molecule has 7 rings (SSSR count). The highest BCUT2D eigenvalue weighted by Crippen LogP contribution is 2.57. The molecule has 4 aromatic carbocycles. The van der Waals surface area contributed by atoms with Crippen LogP contribution >= 0.6 is 0 Å². The van der Waals surface area contributed by atoms with E-state index < -0.39 is 23.5 Å². The second-order valence-corrected chi connectivity index (χ2v) is 10.6. The van der Waals surface area contributed by atoms with Crippen molar-refractivity contribution in [2.75, 3.05) is 0 Å². The lowest BCUT2D eigenvalue weighted by atomic mass is 9.68. The van der Waals surface area contributed by atoms with E-state index in [0.29, 0.717) is 5.56 Å². The molecule has 0 bridgehead atoms. The maximum Gasteiger partial charge on any atom is 0.416 e. The van der Waals surface area contributed by atoms with Crippen molar-refractivity contribution in [3.05, 3.63) is 141 Å². The summed E-state index contributed by atoms with van der Waals surface area (Å²) < 4.78 is 80.6. The quantitative estimate of drug-likeness (QED) is 0.223. The van der Waals surface area contributed by atoms with Gasteiger partial charge in [-0.15, -0.1) is 0 Å². The van der Waals surface area contributed by atoms with E-state index in [1.807, 2.05) is 48.5 Å². The van der Waals surface area contributed by atoms with Crippen molar-refractivity contribution in [3.63, 3.8) is 0 Å². The lowest BCUT2D eigenvalue weighted by Crippen LogP contribution is -2.39. The number of benzene rings is 4. The SMILES string of the molecule is FC(F)(F)C1=CCC(C2=c3ccccc3=C(c3ccc(C(F)(F)F)cc3)C3c4cccc5cccc(c45)C23)C=C1. The number of hydrogen-bond donors (Lipinski definition) is 0.